The Morgan fingerprint density at radius 3 is 2.77 bits per heavy atom. The number of imidazole rings is 1. The van der Waals surface area contributed by atoms with Crippen LogP contribution in [0.2, 0.25) is 5.04 Å². The molecule has 1 amide bonds. The largest absolute Gasteiger partial charge is 0.444 e. The molecule has 0 radical (unpaired) electrons. The highest BCUT2D eigenvalue weighted by atomic mass is 28.2. The minimum absolute atomic E-state index is 0.0348. The van der Waals surface area contributed by atoms with Gasteiger partial charge in [-0.3, -0.25) is 4.90 Å². The molecule has 1 aromatic carbocycles. The van der Waals surface area contributed by atoms with E-state index in [9.17, 15) is 9.18 Å². The summed E-state index contributed by atoms with van der Waals surface area (Å²) in [5.74, 6) is -0.504. The van der Waals surface area contributed by atoms with Crippen LogP contribution in [0, 0.1) is 5.82 Å². The van der Waals surface area contributed by atoms with Gasteiger partial charge in [0, 0.05) is 11.1 Å². The summed E-state index contributed by atoms with van der Waals surface area (Å²) in [6, 6.07) is 4.51. The van der Waals surface area contributed by atoms with Crippen LogP contribution >= 0.6 is 0 Å². The first-order valence-corrected chi connectivity index (χ1v) is 11.3. The molecule has 1 aliphatic rings. The van der Waals surface area contributed by atoms with Crippen molar-refractivity contribution in [2.45, 2.75) is 51.4 Å². The number of rotatable bonds is 7. The average Bonchev–Trinajstić information content (AvgIpc) is 3.32. The van der Waals surface area contributed by atoms with Crippen molar-refractivity contribution < 1.29 is 18.3 Å². The number of halogens is 1. The summed E-state index contributed by atoms with van der Waals surface area (Å²) in [5, 5.41) is 3.57. The van der Waals surface area contributed by atoms with E-state index in [0.717, 1.165) is 5.69 Å². The summed E-state index contributed by atoms with van der Waals surface area (Å²) in [4.78, 5) is 20.5. The molecule has 31 heavy (non-hydrogen) atoms. The van der Waals surface area contributed by atoms with E-state index in [0.29, 0.717) is 11.4 Å². The number of hydrogen-bond donors (Lipinski definition) is 0. The van der Waals surface area contributed by atoms with E-state index >= 15 is 0 Å². The molecule has 2 aromatic rings. The van der Waals surface area contributed by atoms with Gasteiger partial charge in [-0.25, -0.2) is 14.2 Å². The average molecular weight is 447 g/mol. The van der Waals surface area contributed by atoms with Gasteiger partial charge >= 0.3 is 6.09 Å². The predicted molar refractivity (Wildman–Crippen MR) is 118 cm³/mol. The lowest BCUT2D eigenvalue weighted by Crippen LogP contribution is -2.28. The lowest BCUT2D eigenvalue weighted by molar-refractivity contribution is 0.105. The van der Waals surface area contributed by atoms with Gasteiger partial charge < -0.3 is 13.7 Å². The van der Waals surface area contributed by atoms with Gasteiger partial charge in [-0.05, 0) is 42.6 Å². The van der Waals surface area contributed by atoms with Crippen LogP contribution in [-0.4, -0.2) is 44.6 Å². The van der Waals surface area contributed by atoms with Crippen molar-refractivity contribution in [1.82, 2.24) is 9.55 Å². The van der Waals surface area contributed by atoms with Crippen molar-refractivity contribution in [2.75, 3.05) is 18.0 Å². The number of ether oxygens (including phenoxy) is 1. The van der Waals surface area contributed by atoms with Crippen LogP contribution in [0.15, 0.2) is 35.8 Å². The number of hydrogen-bond acceptors (Lipinski definition) is 5. The van der Waals surface area contributed by atoms with Crippen molar-refractivity contribution in [3.8, 4) is 5.69 Å². The number of cyclic esters (lactones) is 1. The molecule has 9 nitrogen and oxygen atoms in total. The molecule has 11 heteroatoms. The number of amides is 1. The highest BCUT2D eigenvalue weighted by Gasteiger charge is 2.32. The smallest absolute Gasteiger partial charge is 0.414 e. The van der Waals surface area contributed by atoms with Crippen LogP contribution in [0.1, 0.15) is 40.3 Å². The second kappa shape index (κ2) is 8.70. The van der Waals surface area contributed by atoms with E-state index in [-0.39, 0.29) is 18.1 Å². The van der Waals surface area contributed by atoms with Crippen LogP contribution in [0.25, 0.3) is 16.1 Å². The second-order valence-electron chi connectivity index (χ2n) is 9.19. The quantitative estimate of drug-likeness (QED) is 0.275. The zero-order valence-electron chi connectivity index (χ0n) is 18.4. The van der Waals surface area contributed by atoms with Crippen molar-refractivity contribution in [2.24, 2.45) is 5.11 Å². The van der Waals surface area contributed by atoms with Crippen LogP contribution in [0.3, 0.4) is 0 Å². The van der Waals surface area contributed by atoms with Crippen LogP contribution < -0.4 is 4.90 Å². The van der Waals surface area contributed by atoms with Crippen molar-refractivity contribution in [1.29, 1.82) is 0 Å². The number of carbonyl (C=O) groups is 1. The van der Waals surface area contributed by atoms with Crippen LogP contribution in [-0.2, 0) is 14.8 Å². The van der Waals surface area contributed by atoms with Crippen molar-refractivity contribution in [3.05, 3.63) is 52.7 Å². The number of carbonyl (C=O) groups excluding carboxylic acids is 1. The maximum Gasteiger partial charge on any atom is 0.414 e. The predicted octanol–water partition coefficient (Wildman–Crippen LogP) is 4.20. The Labute approximate surface area is 182 Å². The standard InChI is InChI=1S/C20H27FN6O3Si/c1-19(2,3)31-30-20(4,5)17-11-26(12-23-17)16-7-6-13(8-15(16)21)27-10-14(9-24-25-22)29-18(27)28/h6-8,11-12,14H,9-10,31H2,1-5H3. The molecule has 0 aliphatic carbocycles. The molecule has 0 bridgehead atoms. The molecule has 1 saturated heterocycles. The maximum absolute atomic E-state index is 14.9. The molecule has 0 spiro atoms. The SMILES string of the molecule is CC(C)(C)[SiH2]OC(C)(C)c1cn(-c2ccc(N3CC(CN=[N+]=[N-])OC3=O)cc2F)cn1. The molecule has 0 N–H and O–H groups in total. The third-order valence-electron chi connectivity index (χ3n) is 4.81. The fourth-order valence-corrected chi connectivity index (χ4v) is 4.01. The molecular formula is C20H27FN6O3Si. The normalized spacial score (nSPS) is 17.3. The topological polar surface area (TPSA) is 105 Å². The Morgan fingerprint density at radius 1 is 1.39 bits per heavy atom. The molecule has 3 rings (SSSR count). The molecule has 1 unspecified atom stereocenters. The Bertz CT molecular complexity index is 1010. The summed E-state index contributed by atoms with van der Waals surface area (Å²) in [6.07, 6.45) is 2.16. The molecular weight excluding hydrogens is 419 g/mol. The van der Waals surface area contributed by atoms with Gasteiger partial charge in [-0.1, -0.05) is 25.9 Å². The Balaban J connectivity index is 1.77. The van der Waals surface area contributed by atoms with Gasteiger partial charge in [0.2, 0.25) is 0 Å². The van der Waals surface area contributed by atoms with Crippen molar-refractivity contribution >= 4 is 21.5 Å². The molecule has 0 saturated carbocycles. The molecule has 1 fully saturated rings. The van der Waals surface area contributed by atoms with Gasteiger partial charge in [0.15, 0.2) is 9.76 Å². The number of nitrogens with zero attached hydrogens (tertiary/aromatic N) is 6. The minimum atomic E-state index is -0.788. The fraction of sp³-hybridized carbons (Fsp3) is 0.500. The van der Waals surface area contributed by atoms with Crippen LogP contribution in [0.4, 0.5) is 14.9 Å². The Hall–Kier alpha value is -2.88. The third kappa shape index (κ3) is 5.43. The van der Waals surface area contributed by atoms with E-state index in [1.54, 1.807) is 29.2 Å². The lowest BCUT2D eigenvalue weighted by Gasteiger charge is -2.28. The summed E-state index contributed by atoms with van der Waals surface area (Å²) in [6.45, 7) is 10.6. The lowest BCUT2D eigenvalue weighted by atomic mass is 10.1. The van der Waals surface area contributed by atoms with Gasteiger partial charge in [0.1, 0.15) is 11.9 Å². The first kappa shape index (κ1) is 22.8. The highest BCUT2D eigenvalue weighted by molar-refractivity contribution is 6.31. The minimum Gasteiger partial charge on any atom is -0.444 e. The van der Waals surface area contributed by atoms with Crippen LogP contribution in [0.5, 0.6) is 0 Å². The molecule has 2 heterocycles. The molecule has 166 valence electrons. The first-order chi connectivity index (χ1) is 14.5. The fourth-order valence-electron chi connectivity index (χ4n) is 3.06. The number of azide groups is 1. The number of anilines is 1. The molecule has 1 atom stereocenters. The third-order valence-corrected chi connectivity index (χ3v) is 6.54. The van der Waals surface area contributed by atoms with E-state index in [1.807, 2.05) is 13.8 Å². The van der Waals surface area contributed by atoms with E-state index < -0.39 is 33.4 Å². The Morgan fingerprint density at radius 2 is 2.13 bits per heavy atom. The van der Waals surface area contributed by atoms with Gasteiger partial charge in [0.05, 0.1) is 42.1 Å². The summed E-state index contributed by atoms with van der Waals surface area (Å²) in [7, 11) is -0.788. The first-order valence-electron chi connectivity index (χ1n) is 9.97. The summed E-state index contributed by atoms with van der Waals surface area (Å²) < 4.78 is 27.8. The number of benzene rings is 1. The van der Waals surface area contributed by atoms with Gasteiger partial charge in [0.25, 0.3) is 0 Å². The molecule has 1 aromatic heterocycles. The van der Waals surface area contributed by atoms with Gasteiger partial charge in [-0.15, -0.1) is 0 Å². The second-order valence-corrected chi connectivity index (χ2v) is 11.9. The molecule has 1 aliphatic heterocycles. The van der Waals surface area contributed by atoms with Crippen molar-refractivity contribution in [3.63, 3.8) is 0 Å². The van der Waals surface area contributed by atoms with E-state index in [1.165, 1.54) is 11.0 Å². The zero-order valence-corrected chi connectivity index (χ0v) is 19.8. The maximum atomic E-state index is 14.9. The van der Waals surface area contributed by atoms with E-state index in [2.05, 4.69) is 35.8 Å². The Kier molecular flexibility index (Phi) is 6.39. The summed E-state index contributed by atoms with van der Waals surface area (Å²) in [5.41, 5.74) is 9.24. The van der Waals surface area contributed by atoms with E-state index in [4.69, 9.17) is 14.7 Å². The number of aromatic nitrogens is 2. The monoisotopic (exact) mass is 446 g/mol. The van der Waals surface area contributed by atoms with Gasteiger partial charge in [-0.2, -0.15) is 0 Å². The highest BCUT2D eigenvalue weighted by Crippen LogP contribution is 2.30. The summed E-state index contributed by atoms with van der Waals surface area (Å²) >= 11 is 0. The zero-order chi connectivity index (χ0) is 22.8.